The summed E-state index contributed by atoms with van der Waals surface area (Å²) in [4.78, 5) is 0. The van der Waals surface area contributed by atoms with E-state index in [1.165, 1.54) is 25.1 Å². The molecule has 1 nitrogen and oxygen atoms in total. The molecule has 0 saturated heterocycles. The van der Waals surface area contributed by atoms with Crippen molar-refractivity contribution in [1.82, 2.24) is 0 Å². The van der Waals surface area contributed by atoms with Crippen LogP contribution in [0.2, 0.25) is 0 Å². The van der Waals surface area contributed by atoms with E-state index in [2.05, 4.69) is 15.9 Å². The van der Waals surface area contributed by atoms with Gasteiger partial charge in [0.2, 0.25) is 0 Å². The van der Waals surface area contributed by atoms with Crippen LogP contribution in [0.5, 0.6) is 0 Å². The second-order valence-electron chi connectivity index (χ2n) is 4.27. The quantitative estimate of drug-likeness (QED) is 0.876. The minimum absolute atomic E-state index is 0.0432. The van der Waals surface area contributed by atoms with Gasteiger partial charge in [0.15, 0.2) is 0 Å². The Bertz CT molecular complexity index is 628. The Hall–Kier alpha value is -1.33. The summed E-state index contributed by atoms with van der Waals surface area (Å²) in [6.07, 6.45) is 0. The van der Waals surface area contributed by atoms with E-state index in [-0.39, 0.29) is 15.6 Å². The normalized spacial score (nSPS) is 12.5. The number of halogens is 4. The Morgan fingerprint density at radius 3 is 2.32 bits per heavy atom. The zero-order valence-corrected chi connectivity index (χ0v) is 11.6. The number of hydrogen-bond donors (Lipinski definition) is 1. The molecule has 0 amide bonds. The maximum absolute atomic E-state index is 13.8. The van der Waals surface area contributed by atoms with Gasteiger partial charge in [0.1, 0.15) is 17.5 Å². The molecule has 19 heavy (non-hydrogen) atoms. The molecule has 2 rings (SSSR count). The van der Waals surface area contributed by atoms with Crippen molar-refractivity contribution in [2.45, 2.75) is 13.0 Å². The van der Waals surface area contributed by atoms with Gasteiger partial charge in [-0.1, -0.05) is 6.07 Å². The standard InChI is InChI=1S/C14H11BrF3N/c1-7-4-13(18)9(6-12(7)17)14(19)8-2-3-11(16)10(15)5-8/h2-6,14H,19H2,1H3. The SMILES string of the molecule is Cc1cc(F)c(C(N)c2ccc(F)c(Br)c2)cc1F. The number of rotatable bonds is 2. The van der Waals surface area contributed by atoms with Gasteiger partial charge in [-0.2, -0.15) is 0 Å². The zero-order valence-electron chi connectivity index (χ0n) is 10.1. The topological polar surface area (TPSA) is 26.0 Å². The summed E-state index contributed by atoms with van der Waals surface area (Å²) in [5.41, 5.74) is 6.66. The lowest BCUT2D eigenvalue weighted by Gasteiger charge is -2.15. The van der Waals surface area contributed by atoms with Crippen LogP contribution in [0.25, 0.3) is 0 Å². The number of hydrogen-bond acceptors (Lipinski definition) is 1. The summed E-state index contributed by atoms with van der Waals surface area (Å²) in [5, 5.41) is 0. The summed E-state index contributed by atoms with van der Waals surface area (Å²) in [5.74, 6) is -1.54. The van der Waals surface area contributed by atoms with Gasteiger partial charge in [0.05, 0.1) is 10.5 Å². The fraction of sp³-hybridized carbons (Fsp3) is 0.143. The van der Waals surface area contributed by atoms with E-state index in [9.17, 15) is 13.2 Å². The first kappa shape index (κ1) is 14.1. The van der Waals surface area contributed by atoms with Crippen LogP contribution in [0.3, 0.4) is 0 Å². The number of benzene rings is 2. The molecule has 0 aliphatic rings. The largest absolute Gasteiger partial charge is 0.320 e. The van der Waals surface area contributed by atoms with Crippen LogP contribution in [-0.2, 0) is 0 Å². The van der Waals surface area contributed by atoms with Gasteiger partial charge in [0, 0.05) is 5.56 Å². The first-order valence-electron chi connectivity index (χ1n) is 5.56. The molecule has 0 aliphatic heterocycles. The molecular formula is C14H11BrF3N. The van der Waals surface area contributed by atoms with Crippen LogP contribution in [0.4, 0.5) is 13.2 Å². The van der Waals surface area contributed by atoms with Crippen LogP contribution >= 0.6 is 15.9 Å². The lowest BCUT2D eigenvalue weighted by molar-refractivity contribution is 0.570. The monoisotopic (exact) mass is 329 g/mol. The third-order valence-corrected chi connectivity index (χ3v) is 3.52. The third-order valence-electron chi connectivity index (χ3n) is 2.92. The van der Waals surface area contributed by atoms with Crippen LogP contribution < -0.4 is 5.73 Å². The fourth-order valence-corrected chi connectivity index (χ4v) is 2.18. The molecule has 1 atom stereocenters. The molecular weight excluding hydrogens is 319 g/mol. The number of nitrogens with two attached hydrogens (primary N) is 1. The molecule has 0 bridgehead atoms. The first-order chi connectivity index (χ1) is 8.90. The van der Waals surface area contributed by atoms with Crippen molar-refractivity contribution in [3.63, 3.8) is 0 Å². The minimum Gasteiger partial charge on any atom is -0.320 e. The van der Waals surface area contributed by atoms with Crippen molar-refractivity contribution in [2.24, 2.45) is 5.73 Å². The number of aryl methyl sites for hydroxylation is 1. The lowest BCUT2D eigenvalue weighted by atomic mass is 9.98. The van der Waals surface area contributed by atoms with Gasteiger partial charge in [-0.15, -0.1) is 0 Å². The second-order valence-corrected chi connectivity index (χ2v) is 5.13. The maximum atomic E-state index is 13.8. The van der Waals surface area contributed by atoms with Crippen LogP contribution in [-0.4, -0.2) is 0 Å². The molecule has 0 heterocycles. The highest BCUT2D eigenvalue weighted by Crippen LogP contribution is 2.27. The Morgan fingerprint density at radius 2 is 1.68 bits per heavy atom. The molecule has 100 valence electrons. The van der Waals surface area contributed by atoms with E-state index in [0.29, 0.717) is 5.56 Å². The van der Waals surface area contributed by atoms with Gasteiger partial charge < -0.3 is 5.73 Å². The Labute approximate surface area is 117 Å². The average molecular weight is 330 g/mol. The van der Waals surface area contributed by atoms with Crippen molar-refractivity contribution in [2.75, 3.05) is 0 Å². The predicted molar refractivity (Wildman–Crippen MR) is 71.2 cm³/mol. The molecule has 0 spiro atoms. The second kappa shape index (κ2) is 5.35. The molecule has 2 aromatic carbocycles. The Morgan fingerprint density at radius 1 is 1.00 bits per heavy atom. The first-order valence-corrected chi connectivity index (χ1v) is 6.35. The van der Waals surface area contributed by atoms with Crippen molar-refractivity contribution in [3.05, 3.63) is 68.9 Å². The van der Waals surface area contributed by atoms with E-state index in [4.69, 9.17) is 5.73 Å². The molecule has 0 radical (unpaired) electrons. The van der Waals surface area contributed by atoms with E-state index < -0.39 is 23.5 Å². The van der Waals surface area contributed by atoms with Gasteiger partial charge in [0.25, 0.3) is 0 Å². The molecule has 0 aliphatic carbocycles. The van der Waals surface area contributed by atoms with Gasteiger partial charge >= 0.3 is 0 Å². The molecule has 1 unspecified atom stereocenters. The van der Waals surface area contributed by atoms with E-state index in [1.54, 1.807) is 0 Å². The van der Waals surface area contributed by atoms with Crippen LogP contribution in [0, 0.1) is 24.4 Å². The highest BCUT2D eigenvalue weighted by Gasteiger charge is 2.17. The predicted octanol–water partition coefficient (Wildman–Crippen LogP) is 4.22. The molecule has 2 aromatic rings. The Balaban J connectivity index is 2.46. The summed E-state index contributed by atoms with van der Waals surface area (Å²) in [6, 6.07) is 5.45. The average Bonchev–Trinajstić information content (AvgIpc) is 2.36. The van der Waals surface area contributed by atoms with Crippen molar-refractivity contribution in [1.29, 1.82) is 0 Å². The highest BCUT2D eigenvalue weighted by atomic mass is 79.9. The summed E-state index contributed by atoms with van der Waals surface area (Å²) in [7, 11) is 0. The van der Waals surface area contributed by atoms with Crippen molar-refractivity contribution < 1.29 is 13.2 Å². The smallest absolute Gasteiger partial charge is 0.137 e. The minimum atomic E-state index is -0.855. The molecule has 5 heteroatoms. The van der Waals surface area contributed by atoms with Crippen molar-refractivity contribution in [3.8, 4) is 0 Å². The Kier molecular flexibility index (Phi) is 3.96. The molecule has 0 saturated carbocycles. The molecule has 2 N–H and O–H groups in total. The van der Waals surface area contributed by atoms with E-state index in [0.717, 1.165) is 12.1 Å². The molecule has 0 fully saturated rings. The zero-order chi connectivity index (χ0) is 14.2. The van der Waals surface area contributed by atoms with E-state index >= 15 is 0 Å². The summed E-state index contributed by atoms with van der Waals surface area (Å²) >= 11 is 3.03. The van der Waals surface area contributed by atoms with Crippen LogP contribution in [0.1, 0.15) is 22.7 Å². The van der Waals surface area contributed by atoms with Gasteiger partial charge in [-0.3, -0.25) is 0 Å². The highest BCUT2D eigenvalue weighted by molar-refractivity contribution is 9.10. The van der Waals surface area contributed by atoms with Gasteiger partial charge in [-0.25, -0.2) is 13.2 Å². The van der Waals surface area contributed by atoms with Gasteiger partial charge in [-0.05, 0) is 58.2 Å². The maximum Gasteiger partial charge on any atom is 0.137 e. The summed E-state index contributed by atoms with van der Waals surface area (Å²) in [6.45, 7) is 1.47. The lowest BCUT2D eigenvalue weighted by Crippen LogP contribution is -2.14. The van der Waals surface area contributed by atoms with E-state index in [1.807, 2.05) is 0 Å². The van der Waals surface area contributed by atoms with Crippen LogP contribution in [0.15, 0.2) is 34.8 Å². The third kappa shape index (κ3) is 2.82. The van der Waals surface area contributed by atoms with Crippen molar-refractivity contribution >= 4 is 15.9 Å². The molecule has 0 aromatic heterocycles. The summed E-state index contributed by atoms with van der Waals surface area (Å²) < 4.78 is 40.7. The fourth-order valence-electron chi connectivity index (χ4n) is 1.79.